The number of carbonyl (C=O) groups is 5. The van der Waals surface area contributed by atoms with Crippen molar-refractivity contribution in [1.82, 2.24) is 15.5 Å². The number of aliphatic carboxylic acids is 1. The zero-order valence-corrected chi connectivity index (χ0v) is 20.5. The largest absolute Gasteiger partial charge is 0.508 e. The van der Waals surface area contributed by atoms with Crippen LogP contribution in [0.1, 0.15) is 45.1 Å². The first-order chi connectivity index (χ1) is 16.9. The number of hydrogen-bond donors (Lipinski definition) is 6. The SMILES string of the molecule is CCC(C)C(N)C(=O)N1CCCC1C(=O)NC(Cc1ccc(O)cc1)C(=O)NC(CC(N)=O)C(=O)O. The molecule has 1 saturated heterocycles. The van der Waals surface area contributed by atoms with E-state index in [1.165, 1.54) is 17.0 Å². The number of nitrogens with two attached hydrogens (primary N) is 2. The molecule has 2 rings (SSSR count). The van der Waals surface area contributed by atoms with Crippen molar-refractivity contribution < 1.29 is 34.2 Å². The Balaban J connectivity index is 2.23. The summed E-state index contributed by atoms with van der Waals surface area (Å²) in [4.78, 5) is 63.3. The molecule has 0 saturated carbocycles. The van der Waals surface area contributed by atoms with Gasteiger partial charge in [-0.2, -0.15) is 0 Å². The van der Waals surface area contributed by atoms with Gasteiger partial charge >= 0.3 is 5.97 Å². The number of nitrogens with zero attached hydrogens (tertiary/aromatic N) is 1. The van der Waals surface area contributed by atoms with Gasteiger partial charge in [0.2, 0.25) is 23.6 Å². The summed E-state index contributed by atoms with van der Waals surface area (Å²) in [5.74, 6) is -4.19. The first-order valence-electron chi connectivity index (χ1n) is 11.9. The lowest BCUT2D eigenvalue weighted by atomic mass is 9.98. The molecule has 1 heterocycles. The fourth-order valence-corrected chi connectivity index (χ4v) is 4.01. The van der Waals surface area contributed by atoms with Crippen LogP contribution in [0.3, 0.4) is 0 Å². The van der Waals surface area contributed by atoms with Crippen molar-refractivity contribution in [3.63, 3.8) is 0 Å². The quantitative estimate of drug-likeness (QED) is 0.212. The number of amides is 4. The highest BCUT2D eigenvalue weighted by atomic mass is 16.4. The molecule has 0 radical (unpaired) electrons. The van der Waals surface area contributed by atoms with Crippen LogP contribution in [0.5, 0.6) is 5.75 Å². The molecule has 1 aromatic carbocycles. The number of phenols is 1. The molecule has 5 atom stereocenters. The number of nitrogens with one attached hydrogen (secondary N) is 2. The molecule has 5 unspecified atom stereocenters. The summed E-state index contributed by atoms with van der Waals surface area (Å²) in [6.07, 6.45) is 1.01. The summed E-state index contributed by atoms with van der Waals surface area (Å²) in [6, 6.07) is 1.53. The van der Waals surface area contributed by atoms with Gasteiger partial charge in [0.25, 0.3) is 0 Å². The molecule has 1 aliphatic rings. The van der Waals surface area contributed by atoms with E-state index in [4.69, 9.17) is 11.5 Å². The van der Waals surface area contributed by atoms with Crippen LogP contribution in [0.4, 0.5) is 0 Å². The lowest BCUT2D eigenvalue weighted by Crippen LogP contribution is -2.57. The van der Waals surface area contributed by atoms with Crippen molar-refractivity contribution in [1.29, 1.82) is 0 Å². The average Bonchev–Trinajstić information content (AvgIpc) is 3.32. The molecule has 0 spiro atoms. The molecule has 1 aromatic rings. The summed E-state index contributed by atoms with van der Waals surface area (Å²) in [6.45, 7) is 4.13. The molecule has 1 aliphatic heterocycles. The predicted molar refractivity (Wildman–Crippen MR) is 129 cm³/mol. The maximum absolute atomic E-state index is 13.2. The average molecular weight is 506 g/mol. The van der Waals surface area contributed by atoms with Gasteiger partial charge in [0.05, 0.1) is 12.5 Å². The van der Waals surface area contributed by atoms with Crippen LogP contribution in [0, 0.1) is 5.92 Å². The van der Waals surface area contributed by atoms with E-state index in [0.29, 0.717) is 31.4 Å². The van der Waals surface area contributed by atoms with E-state index in [1.807, 2.05) is 13.8 Å². The predicted octanol–water partition coefficient (Wildman–Crippen LogP) is -0.771. The van der Waals surface area contributed by atoms with Crippen molar-refractivity contribution in [2.75, 3.05) is 6.54 Å². The molecule has 0 aliphatic carbocycles. The lowest BCUT2D eigenvalue weighted by molar-refractivity contribution is -0.144. The number of hydrogen-bond acceptors (Lipinski definition) is 7. The molecule has 12 heteroatoms. The van der Waals surface area contributed by atoms with Crippen molar-refractivity contribution in [3.05, 3.63) is 29.8 Å². The Kier molecular flexibility index (Phi) is 10.2. The van der Waals surface area contributed by atoms with Crippen molar-refractivity contribution in [2.24, 2.45) is 17.4 Å². The zero-order valence-electron chi connectivity index (χ0n) is 20.5. The van der Waals surface area contributed by atoms with Gasteiger partial charge < -0.3 is 37.2 Å². The summed E-state index contributed by atoms with van der Waals surface area (Å²) < 4.78 is 0. The summed E-state index contributed by atoms with van der Waals surface area (Å²) >= 11 is 0. The maximum Gasteiger partial charge on any atom is 0.326 e. The van der Waals surface area contributed by atoms with E-state index < -0.39 is 54.3 Å². The molecular weight excluding hydrogens is 470 g/mol. The van der Waals surface area contributed by atoms with E-state index in [0.717, 1.165) is 0 Å². The third-order valence-corrected chi connectivity index (χ3v) is 6.41. The van der Waals surface area contributed by atoms with E-state index in [2.05, 4.69) is 10.6 Å². The second kappa shape index (κ2) is 12.9. The Morgan fingerprint density at radius 1 is 1.11 bits per heavy atom. The van der Waals surface area contributed by atoms with Gasteiger partial charge in [-0.3, -0.25) is 19.2 Å². The molecule has 198 valence electrons. The van der Waals surface area contributed by atoms with Crippen molar-refractivity contribution >= 4 is 29.6 Å². The van der Waals surface area contributed by atoms with Crippen molar-refractivity contribution in [3.8, 4) is 5.75 Å². The second-order valence-electron chi connectivity index (χ2n) is 9.10. The molecule has 0 aromatic heterocycles. The number of primary amides is 1. The molecule has 4 amide bonds. The molecule has 12 nitrogen and oxygen atoms in total. The smallest absolute Gasteiger partial charge is 0.326 e. The minimum atomic E-state index is -1.58. The first-order valence-corrected chi connectivity index (χ1v) is 11.9. The van der Waals surface area contributed by atoms with Crippen LogP contribution in [0.25, 0.3) is 0 Å². The summed E-state index contributed by atoms with van der Waals surface area (Å²) in [5, 5.41) is 23.8. The molecule has 0 bridgehead atoms. The van der Waals surface area contributed by atoms with E-state index in [1.54, 1.807) is 12.1 Å². The Labute approximate surface area is 209 Å². The Morgan fingerprint density at radius 3 is 2.31 bits per heavy atom. The standard InChI is InChI=1S/C24H35N5O7/c1-3-13(2)20(26)23(34)29-10-4-5-18(29)22(33)27-16(11-14-6-8-15(30)9-7-14)21(32)28-17(24(35)36)12-19(25)31/h6-9,13,16-18,20,30H,3-5,10-12,26H2,1-2H3,(H2,25,31)(H,27,33)(H,28,32)(H,35,36). The van der Waals surface area contributed by atoms with Crippen LogP contribution in [-0.4, -0.2) is 75.4 Å². The third-order valence-electron chi connectivity index (χ3n) is 6.41. The van der Waals surface area contributed by atoms with Crippen LogP contribution in [0.2, 0.25) is 0 Å². The maximum atomic E-state index is 13.2. The number of phenolic OH excluding ortho intramolecular Hbond substituents is 1. The molecule has 8 N–H and O–H groups in total. The number of likely N-dealkylation sites (tertiary alicyclic amines) is 1. The molecular formula is C24H35N5O7. The van der Waals surface area contributed by atoms with Gasteiger partial charge in [0.15, 0.2) is 0 Å². The topological polar surface area (TPSA) is 205 Å². The highest BCUT2D eigenvalue weighted by Crippen LogP contribution is 2.21. The monoisotopic (exact) mass is 505 g/mol. The minimum absolute atomic E-state index is 0.00828. The highest BCUT2D eigenvalue weighted by molar-refractivity contribution is 5.95. The Hall–Kier alpha value is -3.67. The van der Waals surface area contributed by atoms with Crippen LogP contribution in [-0.2, 0) is 30.4 Å². The Morgan fingerprint density at radius 2 is 1.75 bits per heavy atom. The number of benzene rings is 1. The lowest BCUT2D eigenvalue weighted by Gasteiger charge is -2.30. The number of carboxylic acids is 1. The van der Waals surface area contributed by atoms with Crippen LogP contribution < -0.4 is 22.1 Å². The van der Waals surface area contributed by atoms with Gasteiger partial charge in [-0.05, 0) is 36.5 Å². The first kappa shape index (κ1) is 28.6. The zero-order chi connectivity index (χ0) is 27.0. The fraction of sp³-hybridized carbons (Fsp3) is 0.542. The van der Waals surface area contributed by atoms with Gasteiger partial charge in [0, 0.05) is 13.0 Å². The minimum Gasteiger partial charge on any atom is -0.508 e. The summed E-state index contributed by atoms with van der Waals surface area (Å²) in [5.41, 5.74) is 11.8. The third kappa shape index (κ3) is 7.67. The van der Waals surface area contributed by atoms with E-state index >= 15 is 0 Å². The number of carbonyl (C=O) groups excluding carboxylic acids is 4. The van der Waals surface area contributed by atoms with E-state index in [-0.39, 0.29) is 24.0 Å². The van der Waals surface area contributed by atoms with Crippen LogP contribution in [0.15, 0.2) is 24.3 Å². The normalized spacial score (nSPS) is 18.5. The fourth-order valence-electron chi connectivity index (χ4n) is 4.01. The van der Waals surface area contributed by atoms with Gasteiger partial charge in [0.1, 0.15) is 23.9 Å². The van der Waals surface area contributed by atoms with Gasteiger partial charge in [-0.25, -0.2) is 4.79 Å². The molecule has 1 fully saturated rings. The van der Waals surface area contributed by atoms with Crippen LogP contribution >= 0.6 is 0 Å². The Bertz CT molecular complexity index is 968. The van der Waals surface area contributed by atoms with Gasteiger partial charge in [-0.1, -0.05) is 32.4 Å². The number of carboxylic acid groups (broad SMARTS) is 1. The second-order valence-corrected chi connectivity index (χ2v) is 9.10. The van der Waals surface area contributed by atoms with Gasteiger partial charge in [-0.15, -0.1) is 0 Å². The highest BCUT2D eigenvalue weighted by Gasteiger charge is 2.38. The summed E-state index contributed by atoms with van der Waals surface area (Å²) in [7, 11) is 0. The molecule has 36 heavy (non-hydrogen) atoms. The van der Waals surface area contributed by atoms with E-state index in [9.17, 15) is 34.2 Å². The number of rotatable bonds is 12. The van der Waals surface area contributed by atoms with Crippen molar-refractivity contribution in [2.45, 2.75) is 70.1 Å². The number of aromatic hydroxyl groups is 1.